The molecular weight excluding hydrogens is 172 g/mol. The Labute approximate surface area is 88.5 Å². The van der Waals surface area contributed by atoms with E-state index in [0.717, 1.165) is 12.8 Å². The number of aliphatic hydroxyl groups is 1. The first kappa shape index (κ1) is 13.4. The van der Waals surface area contributed by atoms with Gasteiger partial charge in [0.05, 0.1) is 6.61 Å². The van der Waals surface area contributed by atoms with E-state index in [9.17, 15) is 0 Å². The molecule has 0 aromatic heterocycles. The van der Waals surface area contributed by atoms with Gasteiger partial charge in [-0.1, -0.05) is 50.0 Å². The summed E-state index contributed by atoms with van der Waals surface area (Å²) in [4.78, 5) is 0. The second-order valence-corrected chi connectivity index (χ2v) is 3.63. The maximum Gasteiger partial charge on any atom is 0.0615 e. The molecule has 0 heterocycles. The van der Waals surface area contributed by atoms with Crippen molar-refractivity contribution >= 4 is 0 Å². The van der Waals surface area contributed by atoms with E-state index in [1.165, 1.54) is 31.3 Å². The lowest BCUT2D eigenvalue weighted by molar-refractivity contribution is 0.341. The summed E-state index contributed by atoms with van der Waals surface area (Å²) in [7, 11) is 0. The Morgan fingerprint density at radius 3 is 2.57 bits per heavy atom. The third-order valence-corrected chi connectivity index (χ3v) is 2.35. The molecule has 1 heteroatoms. The molecule has 0 aromatic carbocycles. The van der Waals surface area contributed by atoms with Crippen LogP contribution in [0.5, 0.6) is 0 Å². The van der Waals surface area contributed by atoms with E-state index in [4.69, 9.17) is 5.11 Å². The first-order valence-corrected chi connectivity index (χ1v) is 5.75. The highest BCUT2D eigenvalue weighted by atomic mass is 16.2. The fourth-order valence-corrected chi connectivity index (χ4v) is 1.46. The van der Waals surface area contributed by atoms with E-state index in [1.807, 2.05) is 13.0 Å². The van der Waals surface area contributed by atoms with Crippen molar-refractivity contribution in [2.75, 3.05) is 6.61 Å². The van der Waals surface area contributed by atoms with Gasteiger partial charge in [-0.25, -0.2) is 0 Å². The minimum absolute atomic E-state index is 0.181. The molecule has 0 aliphatic carbocycles. The van der Waals surface area contributed by atoms with Crippen molar-refractivity contribution < 1.29 is 5.11 Å². The third kappa shape index (κ3) is 8.06. The van der Waals surface area contributed by atoms with E-state index >= 15 is 0 Å². The van der Waals surface area contributed by atoms with Crippen LogP contribution in [-0.4, -0.2) is 11.7 Å². The fraction of sp³-hybridized carbons (Fsp3) is 0.692. The normalized spacial score (nSPS) is 12.6. The molecule has 0 aliphatic heterocycles. The van der Waals surface area contributed by atoms with Crippen molar-refractivity contribution in [1.82, 2.24) is 0 Å². The molecule has 0 fully saturated rings. The van der Waals surface area contributed by atoms with Crippen molar-refractivity contribution in [2.24, 2.45) is 0 Å². The summed E-state index contributed by atoms with van der Waals surface area (Å²) >= 11 is 0. The highest BCUT2D eigenvalue weighted by Gasteiger charge is 1.95. The second kappa shape index (κ2) is 10.5. The highest BCUT2D eigenvalue weighted by Crippen LogP contribution is 2.13. The second-order valence-electron chi connectivity index (χ2n) is 3.63. The standard InChI is InChI=1S/C13H24O/c1-3-5-7-8-10-13(11-12-14)9-6-4-2/h4,6,11,14H,3,5,7-10,12H2,1-2H3. The summed E-state index contributed by atoms with van der Waals surface area (Å²) in [5.41, 5.74) is 1.38. The first-order valence-electron chi connectivity index (χ1n) is 5.75. The molecule has 1 N–H and O–H groups in total. The molecule has 0 aliphatic rings. The molecule has 0 aromatic rings. The first-order chi connectivity index (χ1) is 6.85. The molecule has 0 radical (unpaired) electrons. The van der Waals surface area contributed by atoms with Gasteiger partial charge >= 0.3 is 0 Å². The highest BCUT2D eigenvalue weighted by molar-refractivity contribution is 5.07. The monoisotopic (exact) mass is 196 g/mol. The largest absolute Gasteiger partial charge is 0.392 e. The Hall–Kier alpha value is -0.560. The SMILES string of the molecule is CC=CCC(=CCO)CCCCCC. The Bertz CT molecular complexity index is 168. The minimum atomic E-state index is 0.181. The number of hydrogen-bond acceptors (Lipinski definition) is 1. The molecule has 0 saturated heterocycles. The van der Waals surface area contributed by atoms with Crippen molar-refractivity contribution in [2.45, 2.75) is 52.4 Å². The molecule has 0 saturated carbocycles. The zero-order chi connectivity index (χ0) is 10.6. The Morgan fingerprint density at radius 1 is 1.21 bits per heavy atom. The van der Waals surface area contributed by atoms with Crippen molar-refractivity contribution in [3.05, 3.63) is 23.8 Å². The lowest BCUT2D eigenvalue weighted by atomic mass is 10.0. The zero-order valence-corrected chi connectivity index (χ0v) is 9.63. The molecule has 0 amide bonds. The smallest absolute Gasteiger partial charge is 0.0615 e. The number of allylic oxidation sites excluding steroid dienone is 3. The Balaban J connectivity index is 3.68. The van der Waals surface area contributed by atoms with Crippen LogP contribution >= 0.6 is 0 Å². The van der Waals surface area contributed by atoms with E-state index < -0.39 is 0 Å². The number of unbranched alkanes of at least 4 members (excludes halogenated alkanes) is 3. The van der Waals surface area contributed by atoms with Crippen LogP contribution in [0.4, 0.5) is 0 Å². The molecule has 0 unspecified atom stereocenters. The van der Waals surface area contributed by atoms with Gasteiger partial charge in [0.1, 0.15) is 0 Å². The summed E-state index contributed by atoms with van der Waals surface area (Å²) in [6.07, 6.45) is 13.5. The van der Waals surface area contributed by atoms with Crippen molar-refractivity contribution in [3.8, 4) is 0 Å². The lowest BCUT2D eigenvalue weighted by Crippen LogP contribution is -1.86. The summed E-state index contributed by atoms with van der Waals surface area (Å²) < 4.78 is 0. The van der Waals surface area contributed by atoms with Crippen LogP contribution in [-0.2, 0) is 0 Å². The predicted molar refractivity (Wildman–Crippen MR) is 63.4 cm³/mol. The number of hydrogen-bond donors (Lipinski definition) is 1. The molecule has 14 heavy (non-hydrogen) atoms. The Morgan fingerprint density at radius 2 is 2.00 bits per heavy atom. The maximum absolute atomic E-state index is 8.84. The van der Waals surface area contributed by atoms with Gasteiger partial charge in [0.15, 0.2) is 0 Å². The maximum atomic E-state index is 8.84. The van der Waals surface area contributed by atoms with Crippen LogP contribution in [0.1, 0.15) is 52.4 Å². The summed E-state index contributed by atoms with van der Waals surface area (Å²) in [5.74, 6) is 0. The third-order valence-electron chi connectivity index (χ3n) is 2.35. The van der Waals surface area contributed by atoms with Crippen LogP contribution in [0, 0.1) is 0 Å². The van der Waals surface area contributed by atoms with Crippen molar-refractivity contribution in [3.63, 3.8) is 0 Å². The van der Waals surface area contributed by atoms with Crippen LogP contribution in [0.15, 0.2) is 23.8 Å². The van der Waals surface area contributed by atoms with Gasteiger partial charge in [0, 0.05) is 0 Å². The number of rotatable bonds is 8. The van der Waals surface area contributed by atoms with Crippen LogP contribution in [0.2, 0.25) is 0 Å². The van der Waals surface area contributed by atoms with Crippen LogP contribution in [0.25, 0.3) is 0 Å². The molecule has 0 atom stereocenters. The van der Waals surface area contributed by atoms with E-state index in [-0.39, 0.29) is 6.61 Å². The summed E-state index contributed by atoms with van der Waals surface area (Å²) in [5, 5.41) is 8.84. The van der Waals surface area contributed by atoms with Crippen LogP contribution < -0.4 is 0 Å². The fourth-order valence-electron chi connectivity index (χ4n) is 1.46. The summed E-state index contributed by atoms with van der Waals surface area (Å²) in [6.45, 7) is 4.44. The van der Waals surface area contributed by atoms with Gasteiger partial charge in [-0.2, -0.15) is 0 Å². The molecule has 82 valence electrons. The van der Waals surface area contributed by atoms with Gasteiger partial charge in [-0.15, -0.1) is 0 Å². The quantitative estimate of drug-likeness (QED) is 0.462. The van der Waals surface area contributed by atoms with Gasteiger partial charge in [-0.3, -0.25) is 0 Å². The molecular formula is C13H24O. The zero-order valence-electron chi connectivity index (χ0n) is 9.63. The van der Waals surface area contributed by atoms with E-state index in [0.29, 0.717) is 0 Å². The molecule has 0 rings (SSSR count). The molecule has 0 bridgehead atoms. The van der Waals surface area contributed by atoms with Crippen molar-refractivity contribution in [1.29, 1.82) is 0 Å². The van der Waals surface area contributed by atoms with Crippen LogP contribution in [0.3, 0.4) is 0 Å². The summed E-state index contributed by atoms with van der Waals surface area (Å²) in [6, 6.07) is 0. The lowest BCUT2D eigenvalue weighted by Gasteiger charge is -2.04. The minimum Gasteiger partial charge on any atom is -0.392 e. The Kier molecular flexibility index (Phi) is 10.1. The topological polar surface area (TPSA) is 20.2 Å². The van der Waals surface area contributed by atoms with Gasteiger partial charge in [0.25, 0.3) is 0 Å². The average Bonchev–Trinajstić information content (AvgIpc) is 2.20. The predicted octanol–water partition coefficient (Wildman–Crippen LogP) is 3.84. The number of aliphatic hydroxyl groups excluding tert-OH is 1. The van der Waals surface area contributed by atoms with E-state index in [1.54, 1.807) is 0 Å². The van der Waals surface area contributed by atoms with E-state index in [2.05, 4.69) is 19.1 Å². The molecule has 0 spiro atoms. The molecule has 1 nitrogen and oxygen atoms in total. The van der Waals surface area contributed by atoms with Gasteiger partial charge in [0.2, 0.25) is 0 Å². The van der Waals surface area contributed by atoms with Gasteiger partial charge in [-0.05, 0) is 26.2 Å². The average molecular weight is 196 g/mol. The van der Waals surface area contributed by atoms with Gasteiger partial charge < -0.3 is 5.11 Å².